The van der Waals surface area contributed by atoms with E-state index in [0.29, 0.717) is 26.1 Å². The largest absolute Gasteiger partial charge is 0.441 e. The number of hydrogen-bond donors (Lipinski definition) is 1. The lowest BCUT2D eigenvalue weighted by molar-refractivity contribution is 0.429. The summed E-state index contributed by atoms with van der Waals surface area (Å²) < 4.78 is 19.7. The fourth-order valence-corrected chi connectivity index (χ4v) is 5.19. The van der Waals surface area contributed by atoms with Crippen LogP contribution in [0.4, 0.5) is 0 Å². The number of nitrogens with one attached hydrogen (secondary N) is 1. The van der Waals surface area contributed by atoms with Gasteiger partial charge in [-0.15, -0.1) is 0 Å². The van der Waals surface area contributed by atoms with Crippen molar-refractivity contribution >= 4 is 34.1 Å². The Kier molecular flexibility index (Phi) is 6.03. The van der Waals surface area contributed by atoms with E-state index in [2.05, 4.69) is 6.07 Å². The molecule has 3 aromatic carbocycles. The predicted octanol–water partition coefficient (Wildman–Crippen LogP) is 6.06. The lowest BCUT2D eigenvalue weighted by atomic mass is 9.83. The topological polar surface area (TPSA) is 73.9 Å². The van der Waals surface area contributed by atoms with Crippen LogP contribution in [0.5, 0.6) is 0 Å². The van der Waals surface area contributed by atoms with E-state index in [0.717, 1.165) is 11.1 Å². The van der Waals surface area contributed by atoms with Crippen LogP contribution >= 0.6 is 11.6 Å². The molecule has 1 N–H and O–H groups in total. The molecule has 4 rings (SSSR count). The molecule has 0 amide bonds. The van der Waals surface area contributed by atoms with Crippen LogP contribution in [0.2, 0.25) is 5.02 Å². The lowest BCUT2D eigenvalue weighted by Gasteiger charge is -2.32. The van der Waals surface area contributed by atoms with Crippen molar-refractivity contribution < 1.29 is 8.95 Å². The highest BCUT2D eigenvalue weighted by Gasteiger charge is 2.42. The number of halogens is 1. The van der Waals surface area contributed by atoms with Crippen molar-refractivity contribution in [3.63, 3.8) is 0 Å². The minimum absolute atomic E-state index is 0.161. The van der Waals surface area contributed by atoms with E-state index in [-0.39, 0.29) is 5.90 Å². The number of nitrogens with zero attached hydrogens (tertiary/aromatic N) is 1. The maximum atomic E-state index is 13.9. The van der Waals surface area contributed by atoms with E-state index in [4.69, 9.17) is 21.7 Å². The predicted molar refractivity (Wildman–Crippen MR) is 123 cm³/mol. The number of allylic oxidation sites excluding steroid dienone is 1. The first kappa shape index (κ1) is 21.0. The molecule has 4 nitrogen and oxygen atoms in total. The molecule has 0 bridgehead atoms. The monoisotopic (exact) mass is 446 g/mol. The standard InChI is InChI=1S/C25H19ClN2O2S/c1-16-7-13-20(14-8-16)31(29)24-22(17-9-11-19(26)12-10-17)21(15-27)25(28)30-23(24)18-5-3-2-4-6-18/h2-14,21-22,28H,1H3. The van der Waals surface area contributed by atoms with Crippen molar-refractivity contribution in [2.45, 2.75) is 17.7 Å². The quantitative estimate of drug-likeness (QED) is 0.529. The zero-order valence-electron chi connectivity index (χ0n) is 16.7. The molecule has 3 atom stereocenters. The van der Waals surface area contributed by atoms with Gasteiger partial charge >= 0.3 is 0 Å². The number of rotatable bonds is 4. The van der Waals surface area contributed by atoms with Gasteiger partial charge in [-0.25, -0.2) is 4.21 Å². The van der Waals surface area contributed by atoms with Gasteiger partial charge in [0.15, 0.2) is 0 Å². The molecule has 0 saturated carbocycles. The maximum absolute atomic E-state index is 13.9. The zero-order valence-corrected chi connectivity index (χ0v) is 18.3. The van der Waals surface area contributed by atoms with Gasteiger partial charge in [0.25, 0.3) is 0 Å². The fourth-order valence-electron chi connectivity index (χ4n) is 3.59. The molecular formula is C25H19ClN2O2S. The van der Waals surface area contributed by atoms with Crippen LogP contribution in [0.15, 0.2) is 88.7 Å². The number of aryl methyl sites for hydroxylation is 1. The average Bonchev–Trinajstić information content (AvgIpc) is 2.79. The molecule has 0 radical (unpaired) electrons. The smallest absolute Gasteiger partial charge is 0.205 e. The van der Waals surface area contributed by atoms with Gasteiger partial charge in [0.05, 0.1) is 21.8 Å². The molecule has 3 aromatic rings. The van der Waals surface area contributed by atoms with Crippen molar-refractivity contribution in [3.05, 3.63) is 105 Å². The molecule has 0 aromatic heterocycles. The molecule has 1 heterocycles. The number of benzene rings is 3. The highest BCUT2D eigenvalue weighted by atomic mass is 35.5. The summed E-state index contributed by atoms with van der Waals surface area (Å²) in [4.78, 5) is 1.08. The highest BCUT2D eigenvalue weighted by molar-refractivity contribution is 7.89. The van der Waals surface area contributed by atoms with E-state index < -0.39 is 22.6 Å². The maximum Gasteiger partial charge on any atom is 0.205 e. The summed E-state index contributed by atoms with van der Waals surface area (Å²) in [6.45, 7) is 1.97. The first-order chi connectivity index (χ1) is 15.0. The minimum Gasteiger partial charge on any atom is -0.441 e. The SMILES string of the molecule is Cc1ccc(S(=O)C2=C(c3ccccc3)OC(=N)C(C#N)C2c2ccc(Cl)cc2)cc1. The Morgan fingerprint density at radius 3 is 2.26 bits per heavy atom. The highest BCUT2D eigenvalue weighted by Crippen LogP contribution is 2.45. The molecule has 31 heavy (non-hydrogen) atoms. The van der Waals surface area contributed by atoms with E-state index in [1.165, 1.54) is 0 Å². The summed E-state index contributed by atoms with van der Waals surface area (Å²) in [6, 6.07) is 26.0. The summed E-state index contributed by atoms with van der Waals surface area (Å²) in [5.74, 6) is -1.32. The minimum atomic E-state index is -1.61. The normalized spacial score (nSPS) is 19.5. The van der Waals surface area contributed by atoms with Crippen LogP contribution in [-0.2, 0) is 15.5 Å². The summed E-state index contributed by atoms with van der Waals surface area (Å²) in [5, 5.41) is 18.9. The Morgan fingerprint density at radius 2 is 1.65 bits per heavy atom. The Bertz CT molecular complexity index is 1210. The van der Waals surface area contributed by atoms with Crippen LogP contribution in [0.25, 0.3) is 5.76 Å². The molecule has 1 aliphatic rings. The molecule has 0 spiro atoms. The van der Waals surface area contributed by atoms with Crippen LogP contribution in [0.3, 0.4) is 0 Å². The van der Waals surface area contributed by atoms with Gasteiger partial charge in [-0.3, -0.25) is 5.41 Å². The Labute approximate surface area is 188 Å². The van der Waals surface area contributed by atoms with Crippen molar-refractivity contribution in [1.29, 1.82) is 10.7 Å². The van der Waals surface area contributed by atoms with Crippen molar-refractivity contribution in [2.75, 3.05) is 0 Å². The fraction of sp³-hybridized carbons (Fsp3) is 0.120. The van der Waals surface area contributed by atoms with Crippen LogP contribution in [0, 0.1) is 29.6 Å². The van der Waals surface area contributed by atoms with Crippen molar-refractivity contribution in [3.8, 4) is 6.07 Å². The van der Waals surface area contributed by atoms with Gasteiger partial charge in [0.1, 0.15) is 11.7 Å². The Morgan fingerprint density at radius 1 is 1.00 bits per heavy atom. The molecule has 0 saturated heterocycles. The van der Waals surface area contributed by atoms with E-state index >= 15 is 0 Å². The van der Waals surface area contributed by atoms with Crippen LogP contribution in [0.1, 0.15) is 22.6 Å². The molecule has 0 fully saturated rings. The lowest BCUT2D eigenvalue weighted by Crippen LogP contribution is -2.31. The van der Waals surface area contributed by atoms with Crippen LogP contribution in [-0.4, -0.2) is 10.1 Å². The molecule has 0 aliphatic carbocycles. The summed E-state index contributed by atoms with van der Waals surface area (Å²) in [6.07, 6.45) is 0. The third-order valence-corrected chi connectivity index (χ3v) is 6.96. The van der Waals surface area contributed by atoms with Gasteiger partial charge in [-0.1, -0.05) is 71.8 Å². The molecule has 3 unspecified atom stereocenters. The Hall–Kier alpha value is -3.20. The molecule has 1 aliphatic heterocycles. The van der Waals surface area contributed by atoms with E-state index in [9.17, 15) is 9.47 Å². The van der Waals surface area contributed by atoms with Crippen molar-refractivity contribution in [2.24, 2.45) is 5.92 Å². The van der Waals surface area contributed by atoms with E-state index in [1.807, 2.05) is 73.7 Å². The average molecular weight is 447 g/mol. The zero-order chi connectivity index (χ0) is 22.0. The second-order valence-electron chi connectivity index (χ2n) is 7.24. The molecule has 154 valence electrons. The summed E-state index contributed by atoms with van der Waals surface area (Å²) in [5.41, 5.74) is 2.52. The second kappa shape index (κ2) is 8.89. The third kappa shape index (κ3) is 4.18. The van der Waals surface area contributed by atoms with Gasteiger partial charge in [-0.2, -0.15) is 5.26 Å². The Balaban J connectivity index is 1.98. The summed E-state index contributed by atoms with van der Waals surface area (Å²) >= 11 is 6.08. The molecule has 6 heteroatoms. The number of nitriles is 1. The van der Waals surface area contributed by atoms with E-state index in [1.54, 1.807) is 12.1 Å². The first-order valence-corrected chi connectivity index (χ1v) is 11.2. The van der Waals surface area contributed by atoms with Gasteiger partial charge in [-0.05, 0) is 36.8 Å². The van der Waals surface area contributed by atoms with Crippen LogP contribution < -0.4 is 0 Å². The van der Waals surface area contributed by atoms with Gasteiger partial charge in [0.2, 0.25) is 5.90 Å². The number of hydrogen-bond acceptors (Lipinski definition) is 4. The van der Waals surface area contributed by atoms with Gasteiger partial charge < -0.3 is 4.74 Å². The first-order valence-electron chi connectivity index (χ1n) is 9.69. The summed E-state index contributed by atoms with van der Waals surface area (Å²) in [7, 11) is -1.61. The van der Waals surface area contributed by atoms with Crippen molar-refractivity contribution in [1.82, 2.24) is 0 Å². The van der Waals surface area contributed by atoms with Gasteiger partial charge in [0, 0.05) is 21.4 Å². The second-order valence-corrected chi connectivity index (χ2v) is 9.13. The number of ether oxygens (including phenoxy) is 1. The molecular weight excluding hydrogens is 428 g/mol. The third-order valence-electron chi connectivity index (χ3n) is 5.17.